The molecule has 0 spiro atoms. The molecule has 0 atom stereocenters. The molecular formula is C17H17N3O. The van der Waals surface area contributed by atoms with Crippen LogP contribution in [0.4, 0.5) is 0 Å². The van der Waals surface area contributed by atoms with Crippen molar-refractivity contribution in [1.29, 1.82) is 0 Å². The minimum atomic E-state index is -0.0112. The van der Waals surface area contributed by atoms with E-state index in [1.807, 2.05) is 30.3 Å². The molecule has 106 valence electrons. The third kappa shape index (κ3) is 2.57. The van der Waals surface area contributed by atoms with Gasteiger partial charge in [0.25, 0.3) is 5.56 Å². The number of rotatable bonds is 3. The molecule has 0 aliphatic heterocycles. The highest BCUT2D eigenvalue weighted by Gasteiger charge is 2.12. The van der Waals surface area contributed by atoms with Crippen LogP contribution in [0.1, 0.15) is 13.8 Å². The van der Waals surface area contributed by atoms with Gasteiger partial charge in [0, 0.05) is 41.6 Å². The normalized spacial score (nSPS) is 11.2. The summed E-state index contributed by atoms with van der Waals surface area (Å²) in [6.45, 7) is 4.84. The number of aromatic nitrogens is 3. The van der Waals surface area contributed by atoms with Gasteiger partial charge < -0.3 is 0 Å². The fourth-order valence-corrected chi connectivity index (χ4v) is 2.47. The topological polar surface area (TPSA) is 47.8 Å². The van der Waals surface area contributed by atoms with Crippen molar-refractivity contribution in [3.05, 3.63) is 59.3 Å². The molecule has 0 bridgehead atoms. The minimum absolute atomic E-state index is 0.0112. The summed E-state index contributed by atoms with van der Waals surface area (Å²) in [6.07, 6.45) is 5.15. The van der Waals surface area contributed by atoms with E-state index in [2.05, 4.69) is 23.8 Å². The van der Waals surface area contributed by atoms with Crippen molar-refractivity contribution < 1.29 is 0 Å². The van der Waals surface area contributed by atoms with E-state index in [4.69, 9.17) is 0 Å². The second-order valence-electron chi connectivity index (χ2n) is 5.53. The van der Waals surface area contributed by atoms with Gasteiger partial charge in [0.1, 0.15) is 5.65 Å². The van der Waals surface area contributed by atoms with Gasteiger partial charge in [-0.2, -0.15) is 0 Å². The van der Waals surface area contributed by atoms with Gasteiger partial charge in [0.15, 0.2) is 0 Å². The maximum Gasteiger partial charge on any atom is 0.260 e. The van der Waals surface area contributed by atoms with Gasteiger partial charge in [0.2, 0.25) is 0 Å². The fourth-order valence-electron chi connectivity index (χ4n) is 2.47. The largest absolute Gasteiger partial charge is 0.292 e. The summed E-state index contributed by atoms with van der Waals surface area (Å²) in [4.78, 5) is 21.3. The Labute approximate surface area is 123 Å². The second kappa shape index (κ2) is 5.48. The van der Waals surface area contributed by atoms with Crippen LogP contribution < -0.4 is 5.56 Å². The van der Waals surface area contributed by atoms with Gasteiger partial charge in [-0.25, -0.2) is 4.98 Å². The molecule has 0 unspecified atom stereocenters. The first-order valence-corrected chi connectivity index (χ1v) is 7.06. The molecule has 3 aromatic heterocycles. The van der Waals surface area contributed by atoms with Crippen LogP contribution in [0, 0.1) is 5.92 Å². The molecule has 3 heterocycles. The molecule has 3 rings (SSSR count). The summed E-state index contributed by atoms with van der Waals surface area (Å²) in [6, 6.07) is 9.52. The molecule has 0 aliphatic carbocycles. The molecule has 0 radical (unpaired) electrons. The third-order valence-electron chi connectivity index (χ3n) is 3.37. The van der Waals surface area contributed by atoms with Gasteiger partial charge in [-0.15, -0.1) is 0 Å². The van der Waals surface area contributed by atoms with Crippen molar-refractivity contribution in [2.75, 3.05) is 0 Å². The molecule has 0 saturated carbocycles. The zero-order chi connectivity index (χ0) is 14.8. The van der Waals surface area contributed by atoms with Crippen molar-refractivity contribution in [3.63, 3.8) is 0 Å². The van der Waals surface area contributed by atoms with Crippen LogP contribution in [0.3, 0.4) is 0 Å². The molecule has 0 amide bonds. The summed E-state index contributed by atoms with van der Waals surface area (Å²) in [7, 11) is 0. The van der Waals surface area contributed by atoms with Crippen molar-refractivity contribution in [2.24, 2.45) is 5.92 Å². The molecule has 4 nitrogen and oxygen atoms in total. The lowest BCUT2D eigenvalue weighted by Gasteiger charge is -2.13. The number of pyridine rings is 3. The third-order valence-corrected chi connectivity index (χ3v) is 3.37. The van der Waals surface area contributed by atoms with E-state index in [-0.39, 0.29) is 5.56 Å². The molecule has 0 fully saturated rings. The van der Waals surface area contributed by atoms with Crippen LogP contribution in [-0.2, 0) is 6.54 Å². The van der Waals surface area contributed by atoms with E-state index in [1.54, 1.807) is 23.2 Å². The molecule has 0 N–H and O–H groups in total. The number of fused-ring (bicyclic) bond motifs is 1. The fraction of sp³-hybridized carbons (Fsp3) is 0.235. The van der Waals surface area contributed by atoms with Gasteiger partial charge in [-0.05, 0) is 30.2 Å². The lowest BCUT2D eigenvalue weighted by Crippen LogP contribution is -2.25. The maximum absolute atomic E-state index is 12.8. The summed E-state index contributed by atoms with van der Waals surface area (Å²) in [5.41, 5.74) is 2.24. The Morgan fingerprint density at radius 3 is 2.71 bits per heavy atom. The molecule has 0 saturated heterocycles. The summed E-state index contributed by atoms with van der Waals surface area (Å²) < 4.78 is 1.77. The SMILES string of the molecule is CC(C)Cn1c(=O)c(-c2cccnc2)cc2cccnc21. The van der Waals surface area contributed by atoms with Crippen molar-refractivity contribution in [3.8, 4) is 11.1 Å². The lowest BCUT2D eigenvalue weighted by atomic mass is 10.1. The monoisotopic (exact) mass is 279 g/mol. The van der Waals surface area contributed by atoms with Crippen molar-refractivity contribution in [1.82, 2.24) is 14.5 Å². The first-order chi connectivity index (χ1) is 10.2. The predicted octanol–water partition coefficient (Wildman–Crippen LogP) is 3.11. The maximum atomic E-state index is 12.8. The number of hydrogen-bond donors (Lipinski definition) is 0. The summed E-state index contributed by atoms with van der Waals surface area (Å²) >= 11 is 0. The van der Waals surface area contributed by atoms with Crippen LogP contribution in [0.25, 0.3) is 22.2 Å². The molecule has 0 aliphatic rings. The standard InChI is InChI=1S/C17H17N3O/c1-12(2)11-20-16-13(5-4-8-19-16)9-15(17(20)21)14-6-3-7-18-10-14/h3-10,12H,11H2,1-2H3. The van der Waals surface area contributed by atoms with E-state index < -0.39 is 0 Å². The molecular weight excluding hydrogens is 262 g/mol. The predicted molar refractivity (Wildman–Crippen MR) is 84.1 cm³/mol. The Balaban J connectivity index is 2.32. The van der Waals surface area contributed by atoms with Crippen molar-refractivity contribution in [2.45, 2.75) is 20.4 Å². The van der Waals surface area contributed by atoms with Gasteiger partial charge >= 0.3 is 0 Å². The second-order valence-corrected chi connectivity index (χ2v) is 5.53. The Morgan fingerprint density at radius 2 is 2.00 bits per heavy atom. The van der Waals surface area contributed by atoms with Crippen LogP contribution >= 0.6 is 0 Å². The first kappa shape index (κ1) is 13.5. The number of hydrogen-bond acceptors (Lipinski definition) is 3. The average Bonchev–Trinajstić information content (AvgIpc) is 2.50. The highest BCUT2D eigenvalue weighted by Crippen LogP contribution is 2.19. The van der Waals surface area contributed by atoms with E-state index in [0.717, 1.165) is 16.6 Å². The van der Waals surface area contributed by atoms with Gasteiger partial charge in [0.05, 0.1) is 0 Å². The zero-order valence-electron chi connectivity index (χ0n) is 12.2. The Hall–Kier alpha value is -2.49. The molecule has 0 aromatic carbocycles. The molecule has 4 heteroatoms. The molecule has 21 heavy (non-hydrogen) atoms. The zero-order valence-corrected chi connectivity index (χ0v) is 12.2. The average molecular weight is 279 g/mol. The van der Waals surface area contributed by atoms with Crippen molar-refractivity contribution >= 4 is 11.0 Å². The highest BCUT2D eigenvalue weighted by molar-refractivity contribution is 5.81. The van der Waals surface area contributed by atoms with Gasteiger partial charge in [-0.1, -0.05) is 19.9 Å². The van der Waals surface area contributed by atoms with E-state index in [0.29, 0.717) is 18.0 Å². The van der Waals surface area contributed by atoms with Gasteiger partial charge in [-0.3, -0.25) is 14.3 Å². The molecule has 3 aromatic rings. The lowest BCUT2D eigenvalue weighted by molar-refractivity contribution is 0.521. The summed E-state index contributed by atoms with van der Waals surface area (Å²) in [5.74, 6) is 0.372. The quantitative estimate of drug-likeness (QED) is 0.740. The van der Waals surface area contributed by atoms with E-state index >= 15 is 0 Å². The van der Waals surface area contributed by atoms with Crippen LogP contribution in [0.15, 0.2) is 53.7 Å². The smallest absolute Gasteiger partial charge is 0.260 e. The van der Waals surface area contributed by atoms with E-state index in [1.165, 1.54) is 0 Å². The Bertz CT molecular complexity index is 822. The highest BCUT2D eigenvalue weighted by atomic mass is 16.1. The number of nitrogens with zero attached hydrogens (tertiary/aromatic N) is 3. The minimum Gasteiger partial charge on any atom is -0.292 e. The Morgan fingerprint density at radius 1 is 1.19 bits per heavy atom. The summed E-state index contributed by atoms with van der Waals surface area (Å²) in [5, 5.41) is 0.969. The first-order valence-electron chi connectivity index (χ1n) is 7.06. The van der Waals surface area contributed by atoms with Crippen LogP contribution in [0.5, 0.6) is 0 Å². The van der Waals surface area contributed by atoms with E-state index in [9.17, 15) is 4.79 Å². The van der Waals surface area contributed by atoms with Crippen LogP contribution in [-0.4, -0.2) is 14.5 Å². The Kier molecular flexibility index (Phi) is 3.52. The van der Waals surface area contributed by atoms with Crippen LogP contribution in [0.2, 0.25) is 0 Å².